The number of benzene rings is 3. The van der Waals surface area contributed by atoms with E-state index in [0.29, 0.717) is 15.5 Å². The number of hydrogen-bond acceptors (Lipinski definition) is 7. The average Bonchev–Trinajstić information content (AvgIpc) is 3.16. The molecule has 164 valence electrons. The topological polar surface area (TPSA) is 111 Å². The zero-order chi connectivity index (χ0) is 23.4. The van der Waals surface area contributed by atoms with E-state index in [4.69, 9.17) is 16.3 Å². The Kier molecular flexibility index (Phi) is 6.43. The van der Waals surface area contributed by atoms with Crippen molar-refractivity contribution < 1.29 is 19.2 Å². The summed E-state index contributed by atoms with van der Waals surface area (Å²) in [6.45, 7) is 0. The van der Waals surface area contributed by atoms with Crippen LogP contribution in [0.5, 0.6) is 5.75 Å². The van der Waals surface area contributed by atoms with Crippen molar-refractivity contribution in [2.75, 3.05) is 0 Å². The predicted molar refractivity (Wildman–Crippen MR) is 126 cm³/mol. The van der Waals surface area contributed by atoms with Crippen molar-refractivity contribution in [1.29, 1.82) is 0 Å². The van der Waals surface area contributed by atoms with Gasteiger partial charge in [0, 0.05) is 27.8 Å². The number of ether oxygens (including phenoxy) is 1. The monoisotopic (exact) mass is 479 g/mol. The summed E-state index contributed by atoms with van der Waals surface area (Å²) in [6.07, 6.45) is 1.36. The first-order valence-electron chi connectivity index (χ1n) is 9.49. The lowest BCUT2D eigenvalue weighted by Crippen LogP contribution is -2.17. The van der Waals surface area contributed by atoms with E-state index in [-0.39, 0.29) is 17.0 Å². The SMILES string of the molecule is O=C(N/N=C/c1cccc(OC(=O)c2sc3ccccc3c2Cl)c1)c1cccc([N+](=O)[O-])c1. The molecule has 0 bridgehead atoms. The van der Waals surface area contributed by atoms with Crippen LogP contribution in [0.1, 0.15) is 25.6 Å². The van der Waals surface area contributed by atoms with Gasteiger partial charge in [-0.1, -0.05) is 48.0 Å². The number of non-ortho nitro benzene ring substituents is 1. The van der Waals surface area contributed by atoms with E-state index in [1.54, 1.807) is 24.3 Å². The average molecular weight is 480 g/mol. The molecule has 1 aromatic heterocycles. The second kappa shape index (κ2) is 9.60. The maximum atomic E-state index is 12.6. The van der Waals surface area contributed by atoms with Gasteiger partial charge < -0.3 is 4.74 Å². The van der Waals surface area contributed by atoms with Crippen LogP contribution in [0.25, 0.3) is 10.1 Å². The van der Waals surface area contributed by atoms with Gasteiger partial charge in [0.05, 0.1) is 16.2 Å². The molecule has 0 aliphatic heterocycles. The largest absolute Gasteiger partial charge is 0.422 e. The molecule has 4 aromatic rings. The third-order valence-corrected chi connectivity index (χ3v) is 6.14. The minimum absolute atomic E-state index is 0.101. The lowest BCUT2D eigenvalue weighted by atomic mass is 10.2. The first-order chi connectivity index (χ1) is 15.9. The van der Waals surface area contributed by atoms with Gasteiger partial charge in [0.1, 0.15) is 10.6 Å². The Morgan fingerprint density at radius 1 is 1.06 bits per heavy atom. The molecule has 0 aliphatic carbocycles. The van der Waals surface area contributed by atoms with Crippen molar-refractivity contribution in [1.82, 2.24) is 5.43 Å². The number of fused-ring (bicyclic) bond motifs is 1. The smallest absolute Gasteiger partial charge is 0.355 e. The molecule has 0 fully saturated rings. The first-order valence-corrected chi connectivity index (χ1v) is 10.7. The van der Waals surface area contributed by atoms with Crippen LogP contribution in [0, 0.1) is 10.1 Å². The highest BCUT2D eigenvalue weighted by atomic mass is 35.5. The number of nitro groups is 1. The molecule has 0 unspecified atom stereocenters. The summed E-state index contributed by atoms with van der Waals surface area (Å²) in [4.78, 5) is 35.3. The van der Waals surface area contributed by atoms with Gasteiger partial charge in [-0.25, -0.2) is 10.2 Å². The van der Waals surface area contributed by atoms with Crippen molar-refractivity contribution in [2.24, 2.45) is 5.10 Å². The minimum atomic E-state index is -0.600. The molecule has 10 heteroatoms. The number of halogens is 1. The van der Waals surface area contributed by atoms with Crippen LogP contribution in [0.2, 0.25) is 5.02 Å². The van der Waals surface area contributed by atoms with Gasteiger partial charge in [-0.15, -0.1) is 11.3 Å². The Morgan fingerprint density at radius 2 is 1.85 bits per heavy atom. The fraction of sp³-hybridized carbons (Fsp3) is 0. The van der Waals surface area contributed by atoms with Gasteiger partial charge in [-0.2, -0.15) is 5.10 Å². The van der Waals surface area contributed by atoms with Crippen LogP contribution in [-0.4, -0.2) is 23.0 Å². The summed E-state index contributed by atoms with van der Waals surface area (Å²) in [6, 6.07) is 19.3. The second-order valence-corrected chi connectivity index (χ2v) is 8.14. The number of hydrazone groups is 1. The summed E-state index contributed by atoms with van der Waals surface area (Å²) in [5.41, 5.74) is 2.77. The number of nitrogens with one attached hydrogen (secondary N) is 1. The van der Waals surface area contributed by atoms with Crippen LogP contribution >= 0.6 is 22.9 Å². The fourth-order valence-corrected chi connectivity index (χ4v) is 4.33. The quantitative estimate of drug-likeness (QED) is 0.130. The number of amides is 1. The number of hydrogen-bond donors (Lipinski definition) is 1. The fourth-order valence-electron chi connectivity index (χ4n) is 2.95. The van der Waals surface area contributed by atoms with E-state index >= 15 is 0 Å². The summed E-state index contributed by atoms with van der Waals surface area (Å²) in [5.74, 6) is -0.895. The van der Waals surface area contributed by atoms with Crippen molar-refractivity contribution in [2.45, 2.75) is 0 Å². The number of carbonyl (C=O) groups is 2. The highest BCUT2D eigenvalue weighted by molar-refractivity contribution is 7.21. The number of rotatable bonds is 6. The Balaban J connectivity index is 1.43. The molecule has 0 radical (unpaired) electrons. The molecule has 0 saturated carbocycles. The van der Waals surface area contributed by atoms with Gasteiger partial charge in [0.25, 0.3) is 11.6 Å². The van der Waals surface area contributed by atoms with Crippen molar-refractivity contribution >= 4 is 56.8 Å². The second-order valence-electron chi connectivity index (χ2n) is 6.71. The Labute approximate surface area is 196 Å². The molecule has 0 atom stereocenters. The maximum absolute atomic E-state index is 12.6. The standard InChI is InChI=1S/C23H14ClN3O5S/c24-20-18-9-1-2-10-19(18)33-21(20)23(29)32-17-8-3-5-14(11-17)13-25-26-22(28)15-6-4-7-16(12-15)27(30)31/h1-13H,(H,26,28)/b25-13+. The van der Waals surface area contributed by atoms with E-state index < -0.39 is 16.8 Å². The summed E-state index contributed by atoms with van der Waals surface area (Å²) < 4.78 is 6.34. The van der Waals surface area contributed by atoms with Crippen LogP contribution in [0.15, 0.2) is 77.9 Å². The van der Waals surface area contributed by atoms with Crippen LogP contribution < -0.4 is 10.2 Å². The third kappa shape index (κ3) is 5.05. The van der Waals surface area contributed by atoms with E-state index in [1.807, 2.05) is 24.3 Å². The Hall–Kier alpha value is -4.08. The van der Waals surface area contributed by atoms with Crippen molar-refractivity contribution in [3.05, 3.63) is 104 Å². The lowest BCUT2D eigenvalue weighted by Gasteiger charge is -2.04. The number of nitro benzene ring substituents is 1. The van der Waals surface area contributed by atoms with Crippen molar-refractivity contribution in [3.63, 3.8) is 0 Å². The number of esters is 1. The van der Waals surface area contributed by atoms with E-state index in [1.165, 1.54) is 35.8 Å². The molecule has 3 aromatic carbocycles. The number of nitrogens with zero attached hydrogens (tertiary/aromatic N) is 2. The molecule has 1 heterocycles. The molecule has 1 amide bonds. The Morgan fingerprint density at radius 3 is 2.64 bits per heavy atom. The minimum Gasteiger partial charge on any atom is -0.422 e. The maximum Gasteiger partial charge on any atom is 0.355 e. The van der Waals surface area contributed by atoms with Gasteiger partial charge >= 0.3 is 5.97 Å². The highest BCUT2D eigenvalue weighted by Crippen LogP contribution is 2.35. The molecule has 1 N–H and O–H groups in total. The molecule has 0 saturated heterocycles. The van der Waals surface area contributed by atoms with Crippen LogP contribution in [0.4, 0.5) is 5.69 Å². The predicted octanol–water partition coefficient (Wildman–Crippen LogP) is 5.45. The van der Waals surface area contributed by atoms with Gasteiger partial charge in [-0.3, -0.25) is 14.9 Å². The lowest BCUT2D eigenvalue weighted by molar-refractivity contribution is -0.384. The zero-order valence-electron chi connectivity index (χ0n) is 16.7. The third-order valence-electron chi connectivity index (χ3n) is 4.49. The molecule has 33 heavy (non-hydrogen) atoms. The zero-order valence-corrected chi connectivity index (χ0v) is 18.3. The van der Waals surface area contributed by atoms with E-state index in [2.05, 4.69) is 10.5 Å². The molecular weight excluding hydrogens is 466 g/mol. The normalized spacial score (nSPS) is 10.9. The van der Waals surface area contributed by atoms with Gasteiger partial charge in [0.2, 0.25) is 0 Å². The highest BCUT2D eigenvalue weighted by Gasteiger charge is 2.19. The Bertz CT molecular complexity index is 1420. The molecule has 0 spiro atoms. The van der Waals surface area contributed by atoms with Crippen molar-refractivity contribution in [3.8, 4) is 5.75 Å². The summed E-state index contributed by atoms with van der Waals surface area (Å²) in [5, 5.41) is 15.8. The number of carbonyl (C=O) groups excluding carboxylic acids is 2. The molecule has 0 aliphatic rings. The van der Waals surface area contributed by atoms with E-state index in [9.17, 15) is 19.7 Å². The van der Waals surface area contributed by atoms with Gasteiger partial charge in [0.15, 0.2) is 0 Å². The summed E-state index contributed by atoms with van der Waals surface area (Å²) in [7, 11) is 0. The number of thiophene rings is 1. The molecule has 4 rings (SSSR count). The van der Waals surface area contributed by atoms with Gasteiger partial charge in [-0.05, 0) is 29.8 Å². The van der Waals surface area contributed by atoms with Crippen LogP contribution in [-0.2, 0) is 0 Å². The molecule has 8 nitrogen and oxygen atoms in total. The summed E-state index contributed by atoms with van der Waals surface area (Å²) >= 11 is 7.59. The first kappa shape index (κ1) is 22.1. The molecular formula is C23H14ClN3O5S. The van der Waals surface area contributed by atoms with E-state index in [0.717, 1.165) is 16.2 Å². The van der Waals surface area contributed by atoms with Crippen LogP contribution in [0.3, 0.4) is 0 Å².